The second-order valence-corrected chi connectivity index (χ2v) is 44.4. The average Bonchev–Trinajstić information content (AvgIpc) is 0.732. The topological polar surface area (TPSA) is 132 Å². The Balaban J connectivity index is 0.000000140. The summed E-state index contributed by atoms with van der Waals surface area (Å²) in [5.41, 5.74) is 2.70. The van der Waals surface area contributed by atoms with Crippen molar-refractivity contribution in [3.8, 4) is 0 Å². The summed E-state index contributed by atoms with van der Waals surface area (Å²) in [6.07, 6.45) is 63.3. The van der Waals surface area contributed by atoms with Gasteiger partial charge in [0, 0.05) is 53.0 Å². The number of unbranched alkanes of at least 4 members (excludes halogenated alkanes) is 12. The van der Waals surface area contributed by atoms with Crippen LogP contribution in [0.1, 0.15) is 399 Å². The molecule has 20 bridgehead atoms. The summed E-state index contributed by atoms with van der Waals surface area (Å²) < 4.78 is 31.1. The third kappa shape index (κ3) is 19.1. The molecule has 0 spiro atoms. The van der Waals surface area contributed by atoms with Gasteiger partial charge in [-0.25, -0.2) is 24.0 Å². The summed E-state index contributed by atoms with van der Waals surface area (Å²) >= 11 is 0. The lowest BCUT2D eigenvalue weighted by Crippen LogP contribution is -2.64. The van der Waals surface area contributed by atoms with E-state index in [0.717, 1.165) is 48.9 Å². The SMILES string of the molecule is C=C(C)C(=O)OC1(C(C)CCCC)C2CC3CC1CC(C)(C3)C2.C=C(C)C(=O)OC1(CCCCCCC)C2CC3CC1CC(C)(C3)C2.C=CC(=O)OC1(C(C)CCCC)C2CC3CC1CC(C)(C3)C2.C=CC(=O)OC1(CCCCCC)C2CC3CC1CC(C)(C3)C2.C=CC(=O)OC1(CCCCCC)C2CC3CC1CC(C)(C3)C2. The summed E-state index contributed by atoms with van der Waals surface area (Å²) in [6.45, 7) is 50.4. The van der Waals surface area contributed by atoms with Crippen molar-refractivity contribution in [2.24, 2.45) is 128 Å². The lowest BCUT2D eigenvalue weighted by atomic mass is 9.43. The minimum atomic E-state index is -0.221. The molecule has 12 atom stereocenters. The second kappa shape index (κ2) is 37.0. The van der Waals surface area contributed by atoms with Gasteiger partial charge in [-0.3, -0.25) is 0 Å². The van der Waals surface area contributed by atoms with Crippen LogP contribution in [0.15, 0.2) is 62.3 Å². The number of carbonyl (C=O) groups excluding carboxylic acids is 5. The zero-order valence-electron chi connectivity index (χ0n) is 74.9. The van der Waals surface area contributed by atoms with E-state index in [-0.39, 0.29) is 57.9 Å². The van der Waals surface area contributed by atoms with Crippen LogP contribution in [-0.2, 0) is 47.7 Å². The Morgan fingerprint density at radius 3 is 0.788 bits per heavy atom. The first kappa shape index (κ1) is 89.8. The maximum atomic E-state index is 12.5. The van der Waals surface area contributed by atoms with E-state index in [9.17, 15) is 24.0 Å². The zero-order chi connectivity index (χ0) is 81.7. The molecule has 20 rings (SSSR count). The van der Waals surface area contributed by atoms with Gasteiger partial charge in [-0.15, -0.1) is 0 Å². The predicted molar refractivity (Wildman–Crippen MR) is 461 cm³/mol. The minimum Gasteiger partial charge on any atom is -0.455 e. The molecule has 20 fully saturated rings. The van der Waals surface area contributed by atoms with Crippen LogP contribution < -0.4 is 0 Å². The van der Waals surface area contributed by atoms with Gasteiger partial charge in [0.25, 0.3) is 0 Å². The van der Waals surface area contributed by atoms with Crippen LogP contribution in [0.3, 0.4) is 0 Å². The standard InChI is InChI=1S/C22H36O2.C21H34O2.3C20H32O2/c1-5-6-7-8-9-10-22(24-20(23)16(2)3)18-11-17-12-19(22)15-21(4,13-17)14-18;1-6-7-8-15(4)21(23-19(22)14(2)3)17-9-16-10-18(21)13-20(5,11-16)12-17;1-5-7-8-14(3)20(22-18(21)6-2)16-9-15-10-17(20)13-19(4,11-15)12-16;2*1-4-6-7-8-9-20(22-18(21)5-2)16-10-15-11-17(20)14-19(3,12-15)13-16/h17-19H,2,5-15H2,1,3-4H3;15-18H,2,6-13H2,1,3-5H3;6,14-17H,2,5,7-13H2,1,3-4H3;2*5,15-17H,2,4,6-14H2,1,3H3. The van der Waals surface area contributed by atoms with Crippen LogP contribution in [0.2, 0.25) is 0 Å². The van der Waals surface area contributed by atoms with Crippen LogP contribution in [0.4, 0.5) is 0 Å². The van der Waals surface area contributed by atoms with Crippen molar-refractivity contribution in [1.82, 2.24) is 0 Å². The molecule has 113 heavy (non-hydrogen) atoms. The molecule has 10 nitrogen and oxygen atoms in total. The van der Waals surface area contributed by atoms with Gasteiger partial charge in [0.1, 0.15) is 28.0 Å². The number of carbonyl (C=O) groups is 5. The van der Waals surface area contributed by atoms with E-state index in [0.29, 0.717) is 109 Å². The van der Waals surface area contributed by atoms with E-state index in [1.807, 2.05) is 0 Å². The first-order valence-corrected chi connectivity index (χ1v) is 48.0. The van der Waals surface area contributed by atoms with Gasteiger partial charge < -0.3 is 23.7 Å². The first-order valence-electron chi connectivity index (χ1n) is 48.0. The van der Waals surface area contributed by atoms with Gasteiger partial charge in [-0.2, -0.15) is 0 Å². The number of hydrogen-bond acceptors (Lipinski definition) is 10. The molecule has 0 N–H and O–H groups in total. The number of hydrogen-bond donors (Lipinski definition) is 0. The molecule has 20 aliphatic rings. The van der Waals surface area contributed by atoms with Crippen LogP contribution in [-0.4, -0.2) is 57.9 Å². The Hall–Kier alpha value is -3.95. The Bertz CT molecular complexity index is 3150. The van der Waals surface area contributed by atoms with Crippen molar-refractivity contribution in [1.29, 1.82) is 0 Å². The maximum Gasteiger partial charge on any atom is 0.333 e. The van der Waals surface area contributed by atoms with Gasteiger partial charge >= 0.3 is 29.8 Å². The van der Waals surface area contributed by atoms with E-state index in [1.165, 1.54) is 301 Å². The van der Waals surface area contributed by atoms with Crippen LogP contribution in [0.25, 0.3) is 0 Å². The highest BCUT2D eigenvalue weighted by molar-refractivity contribution is 5.88. The quantitative estimate of drug-likeness (QED) is 0.0265. The molecule has 638 valence electrons. The minimum absolute atomic E-state index is 0.152. The molecule has 0 radical (unpaired) electrons. The second-order valence-electron chi connectivity index (χ2n) is 44.4. The van der Waals surface area contributed by atoms with E-state index in [4.69, 9.17) is 23.7 Å². The molecule has 0 heterocycles. The molecule has 20 saturated carbocycles. The van der Waals surface area contributed by atoms with Gasteiger partial charge in [0.2, 0.25) is 0 Å². The van der Waals surface area contributed by atoms with Crippen LogP contribution >= 0.6 is 0 Å². The Kier molecular flexibility index (Phi) is 29.4. The van der Waals surface area contributed by atoms with E-state index in [2.05, 4.69) is 116 Å². The third-order valence-corrected chi connectivity index (χ3v) is 34.8. The van der Waals surface area contributed by atoms with Crippen LogP contribution in [0, 0.1) is 128 Å². The smallest absolute Gasteiger partial charge is 0.333 e. The van der Waals surface area contributed by atoms with E-state index >= 15 is 0 Å². The first-order chi connectivity index (χ1) is 53.6. The van der Waals surface area contributed by atoms with Gasteiger partial charge in [0.05, 0.1) is 0 Å². The van der Waals surface area contributed by atoms with Crippen molar-refractivity contribution in [2.45, 2.75) is 427 Å². The van der Waals surface area contributed by atoms with Crippen molar-refractivity contribution in [3.05, 3.63) is 62.3 Å². The van der Waals surface area contributed by atoms with Crippen molar-refractivity contribution in [3.63, 3.8) is 0 Å². The summed E-state index contributed by atoms with van der Waals surface area (Å²) in [5.74, 6) is 10.2. The number of ether oxygens (including phenoxy) is 5. The fourth-order valence-corrected chi connectivity index (χ4v) is 31.5. The zero-order valence-corrected chi connectivity index (χ0v) is 74.9. The Morgan fingerprint density at radius 1 is 0.310 bits per heavy atom. The lowest BCUT2D eigenvalue weighted by Gasteiger charge is -2.65. The highest BCUT2D eigenvalue weighted by atomic mass is 16.6. The molecule has 0 aromatic heterocycles. The normalized spacial score (nSPS) is 42.2. The molecule has 0 saturated heterocycles. The highest BCUT2D eigenvalue weighted by Gasteiger charge is 2.69. The van der Waals surface area contributed by atoms with E-state index < -0.39 is 0 Å². The maximum absolute atomic E-state index is 12.5. The molecule has 12 unspecified atom stereocenters. The molecule has 0 amide bonds. The molecule has 0 aliphatic heterocycles. The summed E-state index contributed by atoms with van der Waals surface area (Å²) in [5, 5.41) is 0. The van der Waals surface area contributed by atoms with Gasteiger partial charge in [-0.05, 0) is 330 Å². The average molecular weight is 1560 g/mol. The molecule has 0 aromatic carbocycles. The summed E-state index contributed by atoms with van der Waals surface area (Å²) in [4.78, 5) is 61.1. The van der Waals surface area contributed by atoms with Crippen molar-refractivity contribution >= 4 is 29.8 Å². The van der Waals surface area contributed by atoms with Gasteiger partial charge in [0.15, 0.2) is 0 Å². The van der Waals surface area contributed by atoms with E-state index in [1.54, 1.807) is 13.8 Å². The van der Waals surface area contributed by atoms with Crippen molar-refractivity contribution < 1.29 is 47.7 Å². The molecule has 20 aliphatic carbocycles. The number of esters is 5. The highest BCUT2D eigenvalue weighted by Crippen LogP contribution is 2.72. The van der Waals surface area contributed by atoms with Crippen molar-refractivity contribution in [2.75, 3.05) is 0 Å². The fourth-order valence-electron chi connectivity index (χ4n) is 31.5. The Morgan fingerprint density at radius 2 is 0.531 bits per heavy atom. The molecule has 0 aromatic rings. The summed E-state index contributed by atoms with van der Waals surface area (Å²) in [6, 6.07) is 0. The van der Waals surface area contributed by atoms with Crippen LogP contribution in [0.5, 0.6) is 0 Å². The van der Waals surface area contributed by atoms with Gasteiger partial charge in [-0.1, -0.05) is 206 Å². The fraction of sp³-hybridized carbons (Fsp3) is 0.854. The lowest BCUT2D eigenvalue weighted by molar-refractivity contribution is -0.238. The molecule has 10 heteroatoms. The predicted octanol–water partition coefficient (Wildman–Crippen LogP) is 27.2. The molecular weight excluding hydrogens is 1400 g/mol. The largest absolute Gasteiger partial charge is 0.455 e. The Labute approximate surface area is 690 Å². The third-order valence-electron chi connectivity index (χ3n) is 34.8. The number of rotatable bonds is 34. The monoisotopic (exact) mass is 1560 g/mol. The summed E-state index contributed by atoms with van der Waals surface area (Å²) in [7, 11) is 0. The molecular formula is C103H166O10.